The average Bonchev–Trinajstić information content (AvgIpc) is 3.38. The summed E-state index contributed by atoms with van der Waals surface area (Å²) in [6.07, 6.45) is 3.10. The first kappa shape index (κ1) is 19.8. The Bertz CT molecular complexity index is 895. The van der Waals surface area contributed by atoms with Gasteiger partial charge in [0.15, 0.2) is 5.13 Å². The van der Waals surface area contributed by atoms with Crippen LogP contribution in [0.1, 0.15) is 19.3 Å². The molecule has 0 saturated carbocycles. The summed E-state index contributed by atoms with van der Waals surface area (Å²) in [6.45, 7) is 1.44. The largest absolute Gasteiger partial charge is 0.342 e. The molecule has 1 unspecified atom stereocenters. The first-order valence-corrected chi connectivity index (χ1v) is 10.8. The molecule has 1 aromatic carbocycles. The summed E-state index contributed by atoms with van der Waals surface area (Å²) in [6, 6.07) is 7.06. The number of nitrogens with one attached hydrogen (secondary N) is 1. The van der Waals surface area contributed by atoms with E-state index in [-0.39, 0.29) is 36.0 Å². The first-order valence-electron chi connectivity index (χ1n) is 9.56. The Hall–Kier alpha value is -2.45. The molecule has 0 aliphatic carbocycles. The molecule has 1 aromatic heterocycles. The molecule has 1 atom stereocenters. The number of anilines is 2. The van der Waals surface area contributed by atoms with Gasteiger partial charge in [-0.25, -0.2) is 4.98 Å². The number of benzene rings is 1. The first-order chi connectivity index (χ1) is 14.0. The van der Waals surface area contributed by atoms with E-state index < -0.39 is 0 Å². The van der Waals surface area contributed by atoms with Crippen molar-refractivity contribution in [3.8, 4) is 0 Å². The summed E-state index contributed by atoms with van der Waals surface area (Å²) in [5.41, 5.74) is 0.757. The molecule has 0 radical (unpaired) electrons. The fraction of sp³-hybridized carbons (Fsp3) is 0.400. The predicted octanol–water partition coefficient (Wildman–Crippen LogP) is 3.03. The minimum atomic E-state index is -0.348. The molecule has 152 valence electrons. The number of carbonyl (C=O) groups excluding carboxylic acids is 3. The molecule has 2 aromatic rings. The highest BCUT2D eigenvalue weighted by atomic mass is 35.5. The number of likely N-dealkylation sites (tertiary alicyclic amines) is 1. The standard InChI is InChI=1S/C20H21ClN4O3S/c21-15-1-3-16(4-2-15)25-12-14(11-17(25)26)19(28)24-8-5-13(6-9-24)18(27)23-20-22-7-10-29-20/h1-4,7,10,13-14H,5-6,8-9,11-12H2,(H,22,23,27). The minimum Gasteiger partial charge on any atom is -0.342 e. The fourth-order valence-corrected chi connectivity index (χ4v) is 4.51. The van der Waals surface area contributed by atoms with E-state index in [0.717, 1.165) is 5.69 Å². The number of thiazole rings is 1. The number of hydrogen-bond donors (Lipinski definition) is 1. The van der Waals surface area contributed by atoms with Crippen molar-refractivity contribution in [3.63, 3.8) is 0 Å². The summed E-state index contributed by atoms with van der Waals surface area (Å²) >= 11 is 7.30. The van der Waals surface area contributed by atoms with Gasteiger partial charge in [-0.2, -0.15) is 0 Å². The summed E-state index contributed by atoms with van der Waals surface area (Å²) in [4.78, 5) is 45.2. The quantitative estimate of drug-likeness (QED) is 0.805. The second-order valence-corrected chi connectivity index (χ2v) is 8.64. The lowest BCUT2D eigenvalue weighted by Gasteiger charge is -2.32. The van der Waals surface area contributed by atoms with Gasteiger partial charge in [0.1, 0.15) is 0 Å². The van der Waals surface area contributed by atoms with Crippen LogP contribution in [0.2, 0.25) is 5.02 Å². The summed E-state index contributed by atoms with van der Waals surface area (Å²) in [5.74, 6) is -0.577. The molecule has 0 spiro atoms. The molecule has 3 heterocycles. The zero-order valence-corrected chi connectivity index (χ0v) is 17.3. The van der Waals surface area contributed by atoms with E-state index in [0.29, 0.717) is 42.6 Å². The number of rotatable bonds is 4. The van der Waals surface area contributed by atoms with Crippen molar-refractivity contribution >= 4 is 51.5 Å². The van der Waals surface area contributed by atoms with Gasteiger partial charge in [-0.15, -0.1) is 11.3 Å². The van der Waals surface area contributed by atoms with Gasteiger partial charge >= 0.3 is 0 Å². The van der Waals surface area contributed by atoms with Crippen molar-refractivity contribution in [1.29, 1.82) is 0 Å². The van der Waals surface area contributed by atoms with E-state index in [1.165, 1.54) is 11.3 Å². The third-order valence-corrected chi connectivity index (χ3v) is 6.39. The van der Waals surface area contributed by atoms with Crippen molar-refractivity contribution in [2.24, 2.45) is 11.8 Å². The van der Waals surface area contributed by atoms with Crippen LogP contribution < -0.4 is 10.2 Å². The topological polar surface area (TPSA) is 82.6 Å². The third-order valence-electron chi connectivity index (χ3n) is 5.45. The van der Waals surface area contributed by atoms with Crippen LogP contribution in [-0.2, 0) is 14.4 Å². The molecule has 2 fully saturated rings. The Morgan fingerprint density at radius 2 is 1.86 bits per heavy atom. The van der Waals surface area contributed by atoms with Gasteiger partial charge in [-0.1, -0.05) is 11.6 Å². The monoisotopic (exact) mass is 432 g/mol. The molecule has 3 amide bonds. The molecule has 2 saturated heterocycles. The van der Waals surface area contributed by atoms with E-state index in [2.05, 4.69) is 10.3 Å². The molecule has 2 aliphatic rings. The molecule has 1 N–H and O–H groups in total. The molecule has 7 nitrogen and oxygen atoms in total. The van der Waals surface area contributed by atoms with Crippen molar-refractivity contribution in [3.05, 3.63) is 40.9 Å². The van der Waals surface area contributed by atoms with Crippen LogP contribution in [0.25, 0.3) is 0 Å². The van der Waals surface area contributed by atoms with Crippen LogP contribution in [0.15, 0.2) is 35.8 Å². The zero-order valence-electron chi connectivity index (χ0n) is 15.7. The highest BCUT2D eigenvalue weighted by molar-refractivity contribution is 7.13. The van der Waals surface area contributed by atoms with Crippen LogP contribution in [0.3, 0.4) is 0 Å². The summed E-state index contributed by atoms with van der Waals surface area (Å²) < 4.78 is 0. The number of hydrogen-bond acceptors (Lipinski definition) is 5. The Balaban J connectivity index is 1.31. The minimum absolute atomic E-state index is 0.00593. The van der Waals surface area contributed by atoms with Gasteiger partial charge < -0.3 is 15.1 Å². The SMILES string of the molecule is O=C(Nc1nccs1)C1CCN(C(=O)C2CC(=O)N(c3ccc(Cl)cc3)C2)CC1. The average molecular weight is 433 g/mol. The van der Waals surface area contributed by atoms with Gasteiger partial charge in [-0.05, 0) is 37.1 Å². The highest BCUT2D eigenvalue weighted by Crippen LogP contribution is 2.29. The number of amides is 3. The molecule has 4 rings (SSSR count). The lowest BCUT2D eigenvalue weighted by Crippen LogP contribution is -2.44. The number of nitrogens with zero attached hydrogens (tertiary/aromatic N) is 3. The predicted molar refractivity (Wildman–Crippen MR) is 112 cm³/mol. The highest BCUT2D eigenvalue weighted by Gasteiger charge is 2.38. The van der Waals surface area contributed by atoms with Crippen LogP contribution in [0, 0.1) is 11.8 Å². The lowest BCUT2D eigenvalue weighted by molar-refractivity contribution is -0.138. The van der Waals surface area contributed by atoms with Crippen LogP contribution >= 0.6 is 22.9 Å². The van der Waals surface area contributed by atoms with Crippen LogP contribution in [0.5, 0.6) is 0 Å². The van der Waals surface area contributed by atoms with Gasteiger partial charge in [0, 0.05) is 54.3 Å². The van der Waals surface area contributed by atoms with Crippen LogP contribution in [0.4, 0.5) is 10.8 Å². The summed E-state index contributed by atoms with van der Waals surface area (Å²) in [5, 5.41) is 5.85. The zero-order chi connectivity index (χ0) is 20.4. The fourth-order valence-electron chi connectivity index (χ4n) is 3.86. The number of halogens is 1. The maximum atomic E-state index is 12.9. The normalized spacial score (nSPS) is 20.2. The molecule has 2 aliphatic heterocycles. The van der Waals surface area contributed by atoms with Crippen molar-refractivity contribution < 1.29 is 14.4 Å². The smallest absolute Gasteiger partial charge is 0.229 e. The second kappa shape index (κ2) is 8.51. The Morgan fingerprint density at radius 3 is 2.52 bits per heavy atom. The Labute approximate surface area is 177 Å². The number of aromatic nitrogens is 1. The molecule has 9 heteroatoms. The van der Waals surface area contributed by atoms with Crippen molar-refractivity contribution in [1.82, 2.24) is 9.88 Å². The summed E-state index contributed by atoms with van der Waals surface area (Å²) in [7, 11) is 0. The van der Waals surface area contributed by atoms with E-state index in [1.54, 1.807) is 40.3 Å². The van der Waals surface area contributed by atoms with Crippen molar-refractivity contribution in [2.75, 3.05) is 29.9 Å². The molecular weight excluding hydrogens is 412 g/mol. The number of piperidine rings is 1. The van der Waals surface area contributed by atoms with Crippen molar-refractivity contribution in [2.45, 2.75) is 19.3 Å². The Kier molecular flexibility index (Phi) is 5.82. The Morgan fingerprint density at radius 1 is 1.14 bits per heavy atom. The second-order valence-electron chi connectivity index (χ2n) is 7.31. The molecule has 29 heavy (non-hydrogen) atoms. The van der Waals surface area contributed by atoms with E-state index in [9.17, 15) is 14.4 Å². The van der Waals surface area contributed by atoms with Gasteiger partial charge in [0.25, 0.3) is 0 Å². The van der Waals surface area contributed by atoms with Gasteiger partial charge in [0.05, 0.1) is 5.92 Å². The van der Waals surface area contributed by atoms with Gasteiger partial charge in [-0.3, -0.25) is 14.4 Å². The lowest BCUT2D eigenvalue weighted by atomic mass is 9.94. The molecular formula is C20H21ClN4O3S. The number of carbonyl (C=O) groups is 3. The van der Waals surface area contributed by atoms with Gasteiger partial charge in [0.2, 0.25) is 17.7 Å². The third kappa shape index (κ3) is 4.43. The maximum absolute atomic E-state index is 12.9. The maximum Gasteiger partial charge on any atom is 0.229 e. The van der Waals surface area contributed by atoms with E-state index >= 15 is 0 Å². The van der Waals surface area contributed by atoms with E-state index in [4.69, 9.17) is 11.6 Å². The van der Waals surface area contributed by atoms with Crippen LogP contribution in [-0.4, -0.2) is 47.2 Å². The molecule has 0 bridgehead atoms. The van der Waals surface area contributed by atoms with E-state index in [1.807, 2.05) is 5.38 Å².